The Labute approximate surface area is 99.7 Å². The zero-order chi connectivity index (χ0) is 12.3. The van der Waals surface area contributed by atoms with Gasteiger partial charge in [0.1, 0.15) is 5.82 Å². The largest absolute Gasteiger partial charge is 0.308 e. The number of hydrogen-bond donors (Lipinski definition) is 1. The highest BCUT2D eigenvalue weighted by molar-refractivity contribution is 5.27. The van der Waals surface area contributed by atoms with E-state index in [0.717, 1.165) is 16.8 Å². The molecule has 3 nitrogen and oxygen atoms in total. The molecule has 1 N–H and O–H groups in total. The van der Waals surface area contributed by atoms with Crippen LogP contribution in [0.25, 0.3) is 0 Å². The van der Waals surface area contributed by atoms with Crippen LogP contribution in [0.5, 0.6) is 0 Å². The summed E-state index contributed by atoms with van der Waals surface area (Å²) in [6, 6.07) is 5.24. The SMILES string of the molecule is CNC(c1cncc(F)c1)c1cc(C)ccn1. The van der Waals surface area contributed by atoms with Gasteiger partial charge >= 0.3 is 0 Å². The van der Waals surface area contributed by atoms with Crippen LogP contribution in [0, 0.1) is 12.7 Å². The van der Waals surface area contributed by atoms with Crippen molar-refractivity contribution in [3.05, 3.63) is 59.4 Å². The van der Waals surface area contributed by atoms with Crippen molar-refractivity contribution in [2.24, 2.45) is 0 Å². The zero-order valence-electron chi connectivity index (χ0n) is 9.81. The van der Waals surface area contributed by atoms with Crippen LogP contribution in [-0.2, 0) is 0 Å². The number of aryl methyl sites for hydroxylation is 1. The molecule has 4 heteroatoms. The quantitative estimate of drug-likeness (QED) is 0.880. The third kappa shape index (κ3) is 2.65. The van der Waals surface area contributed by atoms with Crippen molar-refractivity contribution in [3.8, 4) is 0 Å². The van der Waals surface area contributed by atoms with Crippen molar-refractivity contribution < 1.29 is 4.39 Å². The third-order valence-electron chi connectivity index (χ3n) is 2.58. The maximum absolute atomic E-state index is 13.1. The predicted octanol–water partition coefficient (Wildman–Crippen LogP) is 2.23. The Morgan fingerprint density at radius 2 is 2.12 bits per heavy atom. The van der Waals surface area contributed by atoms with Gasteiger partial charge in [0.05, 0.1) is 17.9 Å². The molecule has 0 bridgehead atoms. The van der Waals surface area contributed by atoms with Crippen LogP contribution >= 0.6 is 0 Å². The molecule has 1 unspecified atom stereocenters. The van der Waals surface area contributed by atoms with Gasteiger partial charge in [-0.2, -0.15) is 0 Å². The summed E-state index contributed by atoms with van der Waals surface area (Å²) < 4.78 is 13.1. The summed E-state index contributed by atoms with van der Waals surface area (Å²) in [5.41, 5.74) is 2.75. The fraction of sp³-hybridized carbons (Fsp3) is 0.231. The summed E-state index contributed by atoms with van der Waals surface area (Å²) in [5.74, 6) is -0.338. The smallest absolute Gasteiger partial charge is 0.141 e. The average Bonchev–Trinajstić information content (AvgIpc) is 2.30. The second kappa shape index (κ2) is 5.01. The van der Waals surface area contributed by atoms with Crippen molar-refractivity contribution in [3.63, 3.8) is 0 Å². The van der Waals surface area contributed by atoms with E-state index in [1.807, 2.05) is 26.1 Å². The second-order valence-electron chi connectivity index (χ2n) is 3.92. The molecular formula is C13H14FN3. The van der Waals surface area contributed by atoms with E-state index >= 15 is 0 Å². The van der Waals surface area contributed by atoms with E-state index in [1.54, 1.807) is 12.4 Å². The number of hydrogen-bond acceptors (Lipinski definition) is 3. The molecule has 0 saturated carbocycles. The second-order valence-corrected chi connectivity index (χ2v) is 3.92. The number of aromatic nitrogens is 2. The summed E-state index contributed by atoms with van der Waals surface area (Å²) in [6.45, 7) is 2.00. The molecule has 0 amide bonds. The molecule has 2 heterocycles. The molecule has 0 aliphatic carbocycles. The molecule has 0 aliphatic heterocycles. The minimum Gasteiger partial charge on any atom is -0.308 e. The van der Waals surface area contributed by atoms with Gasteiger partial charge in [-0.05, 0) is 43.3 Å². The van der Waals surface area contributed by atoms with E-state index in [1.165, 1.54) is 12.3 Å². The topological polar surface area (TPSA) is 37.8 Å². The van der Waals surface area contributed by atoms with Crippen LogP contribution in [0.2, 0.25) is 0 Å². The van der Waals surface area contributed by atoms with Gasteiger partial charge in [-0.15, -0.1) is 0 Å². The van der Waals surface area contributed by atoms with E-state index in [9.17, 15) is 4.39 Å². The molecule has 0 aliphatic rings. The standard InChI is InChI=1S/C13H14FN3/c1-9-3-4-17-12(5-9)13(15-2)10-6-11(14)8-16-7-10/h3-8,13,15H,1-2H3. The van der Waals surface area contributed by atoms with Crippen LogP contribution in [0.3, 0.4) is 0 Å². The van der Waals surface area contributed by atoms with Gasteiger partial charge in [-0.25, -0.2) is 4.39 Å². The van der Waals surface area contributed by atoms with Gasteiger partial charge in [0, 0.05) is 12.4 Å². The highest BCUT2D eigenvalue weighted by Gasteiger charge is 2.14. The van der Waals surface area contributed by atoms with Crippen molar-refractivity contribution >= 4 is 0 Å². The van der Waals surface area contributed by atoms with Gasteiger partial charge in [0.25, 0.3) is 0 Å². The van der Waals surface area contributed by atoms with Gasteiger partial charge in [-0.3, -0.25) is 9.97 Å². The number of rotatable bonds is 3. The van der Waals surface area contributed by atoms with E-state index < -0.39 is 0 Å². The van der Waals surface area contributed by atoms with Gasteiger partial charge in [-0.1, -0.05) is 0 Å². The van der Waals surface area contributed by atoms with Gasteiger partial charge < -0.3 is 5.32 Å². The summed E-state index contributed by atoms with van der Waals surface area (Å²) in [5, 5.41) is 3.12. The lowest BCUT2D eigenvalue weighted by Crippen LogP contribution is -2.19. The Morgan fingerprint density at radius 1 is 1.29 bits per heavy atom. The molecule has 88 valence electrons. The van der Waals surface area contributed by atoms with Crippen LogP contribution < -0.4 is 5.32 Å². The summed E-state index contributed by atoms with van der Waals surface area (Å²) in [4.78, 5) is 8.16. The molecule has 17 heavy (non-hydrogen) atoms. The van der Waals surface area contributed by atoms with Crippen molar-refractivity contribution in [1.29, 1.82) is 0 Å². The fourth-order valence-electron chi connectivity index (χ4n) is 1.79. The minimum absolute atomic E-state index is 0.141. The van der Waals surface area contributed by atoms with E-state index in [2.05, 4.69) is 15.3 Å². The normalized spacial score (nSPS) is 12.4. The highest BCUT2D eigenvalue weighted by Crippen LogP contribution is 2.20. The maximum Gasteiger partial charge on any atom is 0.141 e. The van der Waals surface area contributed by atoms with Crippen molar-refractivity contribution in [1.82, 2.24) is 15.3 Å². The highest BCUT2D eigenvalue weighted by atomic mass is 19.1. The zero-order valence-corrected chi connectivity index (χ0v) is 9.81. The molecule has 0 saturated heterocycles. The Balaban J connectivity index is 2.40. The lowest BCUT2D eigenvalue weighted by Gasteiger charge is -2.16. The Hall–Kier alpha value is -1.81. The number of halogens is 1. The van der Waals surface area contributed by atoms with Crippen LogP contribution in [-0.4, -0.2) is 17.0 Å². The van der Waals surface area contributed by atoms with E-state index in [0.29, 0.717) is 0 Å². The van der Waals surface area contributed by atoms with E-state index in [-0.39, 0.29) is 11.9 Å². The molecule has 2 aromatic heterocycles. The first kappa shape index (κ1) is 11.7. The predicted molar refractivity (Wildman–Crippen MR) is 64.1 cm³/mol. The molecule has 0 fully saturated rings. The summed E-state index contributed by atoms with van der Waals surface area (Å²) >= 11 is 0. The van der Waals surface area contributed by atoms with Crippen molar-refractivity contribution in [2.75, 3.05) is 7.05 Å². The number of nitrogens with one attached hydrogen (secondary N) is 1. The molecule has 1 atom stereocenters. The molecule has 2 aromatic rings. The summed E-state index contributed by atoms with van der Waals surface area (Å²) in [6.07, 6.45) is 4.59. The summed E-state index contributed by atoms with van der Waals surface area (Å²) in [7, 11) is 1.82. The first-order valence-corrected chi connectivity index (χ1v) is 5.41. The van der Waals surface area contributed by atoms with Crippen molar-refractivity contribution in [2.45, 2.75) is 13.0 Å². The van der Waals surface area contributed by atoms with Crippen LogP contribution in [0.15, 0.2) is 36.8 Å². The first-order chi connectivity index (χ1) is 8.20. The lowest BCUT2D eigenvalue weighted by molar-refractivity contribution is 0.605. The first-order valence-electron chi connectivity index (χ1n) is 5.41. The molecule has 2 rings (SSSR count). The molecule has 0 aromatic carbocycles. The van der Waals surface area contributed by atoms with Crippen LogP contribution in [0.4, 0.5) is 4.39 Å². The number of pyridine rings is 2. The van der Waals surface area contributed by atoms with Crippen LogP contribution in [0.1, 0.15) is 22.9 Å². The third-order valence-corrected chi connectivity index (χ3v) is 2.58. The fourth-order valence-corrected chi connectivity index (χ4v) is 1.79. The maximum atomic E-state index is 13.1. The Bertz CT molecular complexity index is 468. The molecule has 0 spiro atoms. The van der Waals surface area contributed by atoms with E-state index in [4.69, 9.17) is 0 Å². The Kier molecular flexibility index (Phi) is 3.44. The average molecular weight is 231 g/mol. The monoisotopic (exact) mass is 231 g/mol. The Morgan fingerprint density at radius 3 is 2.76 bits per heavy atom. The van der Waals surface area contributed by atoms with Gasteiger partial charge in [0.2, 0.25) is 0 Å². The van der Waals surface area contributed by atoms with Gasteiger partial charge in [0.15, 0.2) is 0 Å². The molecule has 0 radical (unpaired) electrons. The number of nitrogens with zero attached hydrogens (tertiary/aromatic N) is 2. The minimum atomic E-state index is -0.338. The lowest BCUT2D eigenvalue weighted by atomic mass is 10.0. The molecular weight excluding hydrogens is 217 g/mol.